The topological polar surface area (TPSA) is 62.8 Å². The molecule has 1 amide bonds. The van der Waals surface area contributed by atoms with Gasteiger partial charge in [0.05, 0.1) is 13.7 Å². The predicted octanol–water partition coefficient (Wildman–Crippen LogP) is 4.31. The first-order valence-corrected chi connectivity index (χ1v) is 12.2. The van der Waals surface area contributed by atoms with Gasteiger partial charge >= 0.3 is 0 Å². The van der Waals surface area contributed by atoms with Crippen molar-refractivity contribution in [1.82, 2.24) is 15.5 Å². The summed E-state index contributed by atoms with van der Waals surface area (Å²) in [5.41, 5.74) is 1.40. The van der Waals surface area contributed by atoms with Gasteiger partial charge in [0.15, 0.2) is 11.5 Å². The first-order chi connectivity index (χ1) is 16.2. The first-order valence-electron chi connectivity index (χ1n) is 12.2. The maximum Gasteiger partial charge on any atom is 0.220 e. The van der Waals surface area contributed by atoms with Crippen LogP contribution in [0.4, 0.5) is 0 Å². The number of para-hydroxylation sites is 2. The minimum atomic E-state index is 0. The number of piperidine rings is 2. The summed E-state index contributed by atoms with van der Waals surface area (Å²) in [6.07, 6.45) is 3.85. The SMILES string of the molecule is COc1ccccc1OCCNC(=O)CCC[C@H]1NC[C@@H]2C[C@H]1CN(Cc1ccccc1)C2.Cl.Cl. The number of hydrogen-bond donors (Lipinski definition) is 2. The molecule has 2 bridgehead atoms. The zero-order valence-electron chi connectivity index (χ0n) is 20.5. The third kappa shape index (κ3) is 8.87. The van der Waals surface area contributed by atoms with Crippen molar-refractivity contribution in [2.75, 3.05) is 39.9 Å². The molecule has 4 rings (SSSR count). The van der Waals surface area contributed by atoms with Crippen LogP contribution in [0.15, 0.2) is 54.6 Å². The van der Waals surface area contributed by atoms with Gasteiger partial charge in [-0.15, -0.1) is 24.8 Å². The summed E-state index contributed by atoms with van der Waals surface area (Å²) in [5, 5.41) is 6.74. The molecule has 2 fully saturated rings. The van der Waals surface area contributed by atoms with Gasteiger partial charge in [0.25, 0.3) is 0 Å². The van der Waals surface area contributed by atoms with E-state index in [1.54, 1.807) is 7.11 Å². The summed E-state index contributed by atoms with van der Waals surface area (Å²) < 4.78 is 11.0. The van der Waals surface area contributed by atoms with Gasteiger partial charge in [-0.1, -0.05) is 42.5 Å². The van der Waals surface area contributed by atoms with E-state index in [1.165, 1.54) is 18.5 Å². The number of hydrogen-bond acceptors (Lipinski definition) is 5. The number of methoxy groups -OCH3 is 1. The number of nitrogens with zero attached hydrogens (tertiary/aromatic N) is 1. The number of ether oxygens (including phenoxy) is 2. The Bertz CT molecular complexity index is 887. The highest BCUT2D eigenvalue weighted by atomic mass is 35.5. The van der Waals surface area contributed by atoms with E-state index >= 15 is 0 Å². The highest BCUT2D eigenvalue weighted by molar-refractivity contribution is 5.85. The lowest BCUT2D eigenvalue weighted by atomic mass is 9.79. The highest BCUT2D eigenvalue weighted by Crippen LogP contribution is 2.31. The molecule has 0 aromatic heterocycles. The number of carbonyl (C=O) groups excluding carboxylic acids is 1. The van der Waals surface area contributed by atoms with Gasteiger partial charge < -0.3 is 20.1 Å². The molecular weight excluding hydrogens is 485 g/mol. The van der Waals surface area contributed by atoms with Crippen molar-refractivity contribution in [3.05, 3.63) is 60.2 Å². The zero-order chi connectivity index (χ0) is 22.9. The van der Waals surface area contributed by atoms with E-state index in [2.05, 4.69) is 45.9 Å². The molecule has 6 nitrogen and oxygen atoms in total. The minimum Gasteiger partial charge on any atom is -0.493 e. The van der Waals surface area contributed by atoms with Crippen LogP contribution in [0.3, 0.4) is 0 Å². The summed E-state index contributed by atoms with van der Waals surface area (Å²) in [5.74, 6) is 2.93. The summed E-state index contributed by atoms with van der Waals surface area (Å²) in [6.45, 7) is 5.40. The quantitative estimate of drug-likeness (QED) is 0.429. The van der Waals surface area contributed by atoms with E-state index in [4.69, 9.17) is 9.47 Å². The molecule has 194 valence electrons. The molecule has 2 aliphatic heterocycles. The second kappa shape index (κ2) is 15.2. The molecule has 2 N–H and O–H groups in total. The number of rotatable bonds is 11. The molecule has 2 aliphatic rings. The van der Waals surface area contributed by atoms with E-state index in [1.807, 2.05) is 24.3 Å². The van der Waals surface area contributed by atoms with Crippen molar-refractivity contribution >= 4 is 30.7 Å². The Labute approximate surface area is 222 Å². The molecule has 0 radical (unpaired) electrons. The Balaban J connectivity index is 0.00000216. The number of amides is 1. The number of nitrogens with one attached hydrogen (secondary N) is 2. The van der Waals surface area contributed by atoms with E-state index < -0.39 is 0 Å². The van der Waals surface area contributed by atoms with Crippen LogP contribution in [0, 0.1) is 11.8 Å². The largest absolute Gasteiger partial charge is 0.493 e. The maximum absolute atomic E-state index is 12.3. The normalized spacial score (nSPS) is 21.2. The Morgan fingerprint density at radius 2 is 1.80 bits per heavy atom. The lowest BCUT2D eigenvalue weighted by Gasteiger charge is -2.46. The van der Waals surface area contributed by atoms with Crippen LogP contribution in [0.5, 0.6) is 11.5 Å². The Morgan fingerprint density at radius 3 is 2.57 bits per heavy atom. The number of benzene rings is 2. The fraction of sp³-hybridized carbons (Fsp3) is 0.519. The van der Waals surface area contributed by atoms with Crippen LogP contribution < -0.4 is 20.1 Å². The molecule has 0 spiro atoms. The van der Waals surface area contributed by atoms with Gasteiger partial charge in [-0.05, 0) is 55.3 Å². The number of likely N-dealkylation sites (tertiary alicyclic amines) is 1. The molecule has 0 unspecified atom stereocenters. The predicted molar refractivity (Wildman–Crippen MR) is 145 cm³/mol. The van der Waals surface area contributed by atoms with Crippen LogP contribution in [-0.4, -0.2) is 56.7 Å². The fourth-order valence-electron chi connectivity index (χ4n) is 5.24. The maximum atomic E-state index is 12.3. The van der Waals surface area contributed by atoms with Crippen molar-refractivity contribution < 1.29 is 14.3 Å². The molecule has 2 saturated heterocycles. The molecule has 8 heteroatoms. The number of carbonyl (C=O) groups is 1. The third-order valence-corrected chi connectivity index (χ3v) is 6.80. The van der Waals surface area contributed by atoms with Gasteiger partial charge in [-0.2, -0.15) is 0 Å². The van der Waals surface area contributed by atoms with Crippen LogP contribution in [0.25, 0.3) is 0 Å². The zero-order valence-corrected chi connectivity index (χ0v) is 22.1. The molecular formula is C27H39Cl2N3O3. The average Bonchev–Trinajstić information content (AvgIpc) is 2.84. The summed E-state index contributed by atoms with van der Waals surface area (Å²) >= 11 is 0. The number of halogens is 2. The van der Waals surface area contributed by atoms with E-state index in [-0.39, 0.29) is 30.7 Å². The lowest BCUT2D eigenvalue weighted by molar-refractivity contribution is -0.121. The third-order valence-electron chi connectivity index (χ3n) is 6.80. The molecule has 0 saturated carbocycles. The van der Waals surface area contributed by atoms with Gasteiger partial charge in [0.1, 0.15) is 6.61 Å². The van der Waals surface area contributed by atoms with Crippen LogP contribution in [-0.2, 0) is 11.3 Å². The van der Waals surface area contributed by atoms with Gasteiger partial charge in [0, 0.05) is 32.1 Å². The Kier molecular flexibility index (Phi) is 12.7. The van der Waals surface area contributed by atoms with Crippen molar-refractivity contribution in [2.45, 2.75) is 38.3 Å². The summed E-state index contributed by atoms with van der Waals surface area (Å²) in [7, 11) is 1.62. The Morgan fingerprint density at radius 1 is 1.06 bits per heavy atom. The van der Waals surface area contributed by atoms with Crippen molar-refractivity contribution in [2.24, 2.45) is 11.8 Å². The second-order valence-electron chi connectivity index (χ2n) is 9.30. The molecule has 2 aromatic carbocycles. The van der Waals surface area contributed by atoms with Gasteiger partial charge in [0.2, 0.25) is 5.91 Å². The van der Waals surface area contributed by atoms with E-state index in [0.29, 0.717) is 43.0 Å². The minimum absolute atomic E-state index is 0. The molecule has 0 aliphatic carbocycles. The van der Waals surface area contributed by atoms with E-state index in [0.717, 1.165) is 38.4 Å². The molecule has 35 heavy (non-hydrogen) atoms. The van der Waals surface area contributed by atoms with Crippen LogP contribution in [0.1, 0.15) is 31.2 Å². The fourth-order valence-corrected chi connectivity index (χ4v) is 5.24. The monoisotopic (exact) mass is 523 g/mol. The van der Waals surface area contributed by atoms with Crippen molar-refractivity contribution in [3.63, 3.8) is 0 Å². The summed E-state index contributed by atoms with van der Waals surface area (Å²) in [6, 6.07) is 18.8. The number of fused-ring (bicyclic) bond motifs is 2. The van der Waals surface area contributed by atoms with Crippen LogP contribution >= 0.6 is 24.8 Å². The molecule has 2 heterocycles. The molecule has 3 atom stereocenters. The first kappa shape index (κ1) is 29.2. The van der Waals surface area contributed by atoms with Crippen LogP contribution in [0.2, 0.25) is 0 Å². The second-order valence-corrected chi connectivity index (χ2v) is 9.30. The Hall–Kier alpha value is -1.99. The highest BCUT2D eigenvalue weighted by Gasteiger charge is 2.36. The van der Waals surface area contributed by atoms with Gasteiger partial charge in [-0.3, -0.25) is 9.69 Å². The molecule has 2 aromatic rings. The van der Waals surface area contributed by atoms with Crippen molar-refractivity contribution in [1.29, 1.82) is 0 Å². The lowest BCUT2D eigenvalue weighted by Crippen LogP contribution is -2.55. The average molecular weight is 525 g/mol. The summed E-state index contributed by atoms with van der Waals surface area (Å²) in [4.78, 5) is 14.9. The standard InChI is InChI=1S/C27H37N3O3.2ClH/c1-32-25-11-5-6-12-26(25)33-15-14-28-27(31)13-7-10-24-23-16-22(17-29-24)19-30(20-23)18-21-8-3-2-4-9-21;;/h2-6,8-9,11-12,22-24,29H,7,10,13-20H2,1H3,(H,28,31);2*1H/t22-,23-,24+;;/m0../s1. The van der Waals surface area contributed by atoms with Crippen molar-refractivity contribution in [3.8, 4) is 11.5 Å². The van der Waals surface area contributed by atoms with Gasteiger partial charge in [-0.25, -0.2) is 0 Å². The smallest absolute Gasteiger partial charge is 0.220 e. The van der Waals surface area contributed by atoms with E-state index in [9.17, 15) is 4.79 Å².